The highest BCUT2D eigenvalue weighted by atomic mass is 32.1. The van der Waals surface area contributed by atoms with E-state index in [1.165, 1.54) is 5.01 Å². The first-order valence-electron chi connectivity index (χ1n) is 8.72. The van der Waals surface area contributed by atoms with Crippen molar-refractivity contribution in [1.82, 2.24) is 14.8 Å². The molecule has 2 aromatic rings. The second kappa shape index (κ2) is 6.69. The van der Waals surface area contributed by atoms with Gasteiger partial charge >= 0.3 is 0 Å². The molecule has 0 radical (unpaired) electrons. The monoisotopic (exact) mass is 345 g/mol. The van der Waals surface area contributed by atoms with Crippen molar-refractivity contribution in [3.05, 3.63) is 40.2 Å². The highest BCUT2D eigenvalue weighted by molar-refractivity contribution is 7.09. The quantitative estimate of drug-likeness (QED) is 0.836. The largest absolute Gasteiger partial charge is 0.469 e. The maximum atomic E-state index is 12.6. The minimum atomic E-state index is 0.133. The molecule has 1 aliphatic carbocycles. The van der Waals surface area contributed by atoms with Crippen LogP contribution in [0, 0.1) is 5.92 Å². The van der Waals surface area contributed by atoms with Gasteiger partial charge in [0, 0.05) is 49.9 Å². The number of piperazine rings is 1. The van der Waals surface area contributed by atoms with Crippen LogP contribution in [0.3, 0.4) is 0 Å². The van der Waals surface area contributed by atoms with Crippen LogP contribution in [0.1, 0.15) is 35.7 Å². The average molecular weight is 345 g/mol. The minimum Gasteiger partial charge on any atom is -0.469 e. The summed E-state index contributed by atoms with van der Waals surface area (Å²) in [6.45, 7) is 6.56. The molecule has 6 heteroatoms. The molecule has 1 saturated heterocycles. The van der Waals surface area contributed by atoms with Gasteiger partial charge in [0.1, 0.15) is 5.76 Å². The van der Waals surface area contributed by atoms with Gasteiger partial charge in [-0.15, -0.1) is 11.3 Å². The molecule has 5 nitrogen and oxygen atoms in total. The van der Waals surface area contributed by atoms with Crippen molar-refractivity contribution in [2.45, 2.75) is 32.2 Å². The SMILES string of the molecule is CCc1nc(CN2CCN(C(=O)C3CC3c3ccco3)CC2)cs1. The van der Waals surface area contributed by atoms with Crippen LogP contribution in [-0.4, -0.2) is 46.9 Å². The summed E-state index contributed by atoms with van der Waals surface area (Å²) in [6, 6.07) is 3.88. The molecule has 24 heavy (non-hydrogen) atoms. The third-order valence-electron chi connectivity index (χ3n) is 4.99. The van der Waals surface area contributed by atoms with Crippen LogP contribution in [0.15, 0.2) is 28.2 Å². The van der Waals surface area contributed by atoms with E-state index >= 15 is 0 Å². The van der Waals surface area contributed by atoms with Gasteiger partial charge in [-0.25, -0.2) is 4.98 Å². The Balaban J connectivity index is 1.26. The van der Waals surface area contributed by atoms with Crippen LogP contribution in [-0.2, 0) is 17.8 Å². The smallest absolute Gasteiger partial charge is 0.226 e. The third kappa shape index (κ3) is 3.26. The zero-order valence-electron chi connectivity index (χ0n) is 14.0. The zero-order chi connectivity index (χ0) is 16.5. The highest BCUT2D eigenvalue weighted by Crippen LogP contribution is 2.48. The fourth-order valence-electron chi connectivity index (χ4n) is 3.46. The Labute approximate surface area is 146 Å². The average Bonchev–Trinajstić information content (AvgIpc) is 3.00. The molecule has 1 amide bonds. The fraction of sp³-hybridized carbons (Fsp3) is 0.556. The van der Waals surface area contributed by atoms with Crippen LogP contribution >= 0.6 is 11.3 Å². The van der Waals surface area contributed by atoms with Crippen molar-refractivity contribution in [1.29, 1.82) is 0 Å². The molecule has 3 heterocycles. The van der Waals surface area contributed by atoms with Crippen LogP contribution in [0.25, 0.3) is 0 Å². The molecule has 0 N–H and O–H groups in total. The zero-order valence-corrected chi connectivity index (χ0v) is 14.8. The molecule has 2 atom stereocenters. The van der Waals surface area contributed by atoms with Crippen molar-refractivity contribution in [3.8, 4) is 0 Å². The van der Waals surface area contributed by atoms with Gasteiger partial charge in [-0.3, -0.25) is 9.69 Å². The maximum absolute atomic E-state index is 12.6. The van der Waals surface area contributed by atoms with E-state index in [-0.39, 0.29) is 5.92 Å². The van der Waals surface area contributed by atoms with E-state index in [0.717, 1.165) is 57.0 Å². The number of carbonyl (C=O) groups is 1. The summed E-state index contributed by atoms with van der Waals surface area (Å²) >= 11 is 1.74. The lowest BCUT2D eigenvalue weighted by atomic mass is 10.2. The van der Waals surface area contributed by atoms with Crippen LogP contribution < -0.4 is 0 Å². The first kappa shape index (κ1) is 15.8. The van der Waals surface area contributed by atoms with Gasteiger partial charge in [-0.05, 0) is 25.0 Å². The van der Waals surface area contributed by atoms with Crippen molar-refractivity contribution in [3.63, 3.8) is 0 Å². The number of nitrogens with zero attached hydrogens (tertiary/aromatic N) is 3. The van der Waals surface area contributed by atoms with Crippen molar-refractivity contribution >= 4 is 17.2 Å². The molecule has 2 aromatic heterocycles. The van der Waals surface area contributed by atoms with Gasteiger partial charge in [0.05, 0.1) is 17.0 Å². The Morgan fingerprint density at radius 1 is 1.38 bits per heavy atom. The second-order valence-corrected chi connectivity index (χ2v) is 7.59. The predicted molar refractivity (Wildman–Crippen MR) is 92.9 cm³/mol. The van der Waals surface area contributed by atoms with E-state index in [1.54, 1.807) is 17.6 Å². The molecular formula is C18H23N3O2S. The number of amides is 1. The van der Waals surface area contributed by atoms with Gasteiger partial charge < -0.3 is 9.32 Å². The summed E-state index contributed by atoms with van der Waals surface area (Å²) in [5, 5.41) is 3.37. The van der Waals surface area contributed by atoms with Gasteiger partial charge in [-0.1, -0.05) is 6.92 Å². The minimum absolute atomic E-state index is 0.133. The van der Waals surface area contributed by atoms with Gasteiger partial charge in [0.15, 0.2) is 0 Å². The molecular weight excluding hydrogens is 322 g/mol. The molecule has 0 bridgehead atoms. The molecule has 0 spiro atoms. The van der Waals surface area contributed by atoms with Crippen LogP contribution in [0.4, 0.5) is 0 Å². The standard InChI is InChI=1S/C18H23N3O2S/c1-2-17-19-13(12-24-17)11-20-5-7-21(8-6-20)18(22)15-10-14(15)16-4-3-9-23-16/h3-4,9,12,14-15H,2,5-8,10-11H2,1H3. The van der Waals surface area contributed by atoms with E-state index in [4.69, 9.17) is 4.42 Å². The Hall–Kier alpha value is -1.66. The lowest BCUT2D eigenvalue weighted by Crippen LogP contribution is -2.48. The summed E-state index contributed by atoms with van der Waals surface area (Å²) in [4.78, 5) is 21.7. The summed E-state index contributed by atoms with van der Waals surface area (Å²) in [5.74, 6) is 1.70. The summed E-state index contributed by atoms with van der Waals surface area (Å²) in [6.07, 6.45) is 3.63. The van der Waals surface area contributed by atoms with E-state index in [0.29, 0.717) is 11.8 Å². The summed E-state index contributed by atoms with van der Waals surface area (Å²) in [7, 11) is 0. The number of rotatable bonds is 5. The molecule has 2 fully saturated rings. The molecule has 2 aliphatic rings. The predicted octanol–water partition coefficient (Wildman–Crippen LogP) is 2.75. The normalized spacial score (nSPS) is 24.3. The number of thiazole rings is 1. The van der Waals surface area contributed by atoms with Gasteiger partial charge in [0.25, 0.3) is 0 Å². The Morgan fingerprint density at radius 3 is 2.88 bits per heavy atom. The number of aryl methyl sites for hydroxylation is 1. The number of aromatic nitrogens is 1. The van der Waals surface area contributed by atoms with E-state index in [2.05, 4.69) is 22.2 Å². The van der Waals surface area contributed by atoms with Crippen LogP contribution in [0.5, 0.6) is 0 Å². The highest BCUT2D eigenvalue weighted by Gasteiger charge is 2.47. The number of furan rings is 1. The van der Waals surface area contributed by atoms with Gasteiger partial charge in [0.2, 0.25) is 5.91 Å². The molecule has 4 rings (SSSR count). The molecule has 0 aromatic carbocycles. The first-order chi connectivity index (χ1) is 11.7. The maximum Gasteiger partial charge on any atom is 0.226 e. The summed E-state index contributed by atoms with van der Waals surface area (Å²) < 4.78 is 5.43. The Morgan fingerprint density at radius 2 is 2.21 bits per heavy atom. The topological polar surface area (TPSA) is 49.6 Å². The number of hydrogen-bond donors (Lipinski definition) is 0. The van der Waals surface area contributed by atoms with E-state index in [9.17, 15) is 4.79 Å². The summed E-state index contributed by atoms with van der Waals surface area (Å²) in [5.41, 5.74) is 1.16. The van der Waals surface area contributed by atoms with Crippen molar-refractivity contribution in [2.75, 3.05) is 26.2 Å². The lowest BCUT2D eigenvalue weighted by molar-refractivity contribution is -0.134. The van der Waals surface area contributed by atoms with Crippen molar-refractivity contribution < 1.29 is 9.21 Å². The van der Waals surface area contributed by atoms with Gasteiger partial charge in [-0.2, -0.15) is 0 Å². The molecule has 128 valence electrons. The lowest BCUT2D eigenvalue weighted by Gasteiger charge is -2.34. The molecule has 1 aliphatic heterocycles. The fourth-order valence-corrected chi connectivity index (χ4v) is 4.19. The molecule has 2 unspecified atom stereocenters. The Kier molecular flexibility index (Phi) is 4.41. The van der Waals surface area contributed by atoms with Crippen molar-refractivity contribution in [2.24, 2.45) is 5.92 Å². The van der Waals surface area contributed by atoms with E-state index in [1.807, 2.05) is 17.0 Å². The first-order valence-corrected chi connectivity index (χ1v) is 9.60. The van der Waals surface area contributed by atoms with Crippen LogP contribution in [0.2, 0.25) is 0 Å². The number of hydrogen-bond acceptors (Lipinski definition) is 5. The Bertz CT molecular complexity index is 689. The van der Waals surface area contributed by atoms with E-state index < -0.39 is 0 Å². The number of carbonyl (C=O) groups excluding carboxylic acids is 1. The second-order valence-electron chi connectivity index (χ2n) is 6.65. The molecule has 1 saturated carbocycles. The third-order valence-corrected chi connectivity index (χ3v) is 6.03.